The number of hydrogen-bond acceptors (Lipinski definition) is 6. The molecule has 0 aliphatic rings. The predicted molar refractivity (Wildman–Crippen MR) is 321 cm³/mol. The molecule has 0 saturated carbocycles. The van der Waals surface area contributed by atoms with Gasteiger partial charge in [-0.1, -0.05) is 308 Å². The predicted octanol–water partition coefficient (Wildman–Crippen LogP) is 22.4. The Hall–Kier alpha value is -2.37. The van der Waals surface area contributed by atoms with Crippen LogP contribution in [0.4, 0.5) is 0 Å². The normalized spacial score (nSPS) is 12.2. The first-order valence-electron chi connectivity index (χ1n) is 33.0. The van der Waals surface area contributed by atoms with Gasteiger partial charge in [-0.2, -0.15) is 0 Å². The van der Waals surface area contributed by atoms with E-state index in [0.29, 0.717) is 19.3 Å². The summed E-state index contributed by atoms with van der Waals surface area (Å²) in [6.07, 6.45) is 77.5. The van der Waals surface area contributed by atoms with E-state index < -0.39 is 6.10 Å². The number of hydrogen-bond donors (Lipinski definition) is 0. The van der Waals surface area contributed by atoms with Gasteiger partial charge in [-0.15, -0.1) is 0 Å². The van der Waals surface area contributed by atoms with Gasteiger partial charge < -0.3 is 14.2 Å². The van der Waals surface area contributed by atoms with Gasteiger partial charge in [0.15, 0.2) is 6.10 Å². The first-order chi connectivity index (χ1) is 36.5. The molecule has 0 radical (unpaired) electrons. The maximum absolute atomic E-state index is 12.9. The molecule has 6 nitrogen and oxygen atoms in total. The molecule has 0 aliphatic heterocycles. The summed E-state index contributed by atoms with van der Waals surface area (Å²) >= 11 is 0. The number of unbranched alkanes of at least 4 members (excludes halogenated alkanes) is 44. The quantitative estimate of drug-likeness (QED) is 0.0261. The van der Waals surface area contributed by atoms with Gasteiger partial charge in [0, 0.05) is 19.3 Å². The third kappa shape index (κ3) is 60.5. The summed E-state index contributed by atoms with van der Waals surface area (Å²) in [6, 6.07) is 0. The highest BCUT2D eigenvalue weighted by Gasteiger charge is 2.19. The Morgan fingerprint density at radius 3 is 0.811 bits per heavy atom. The van der Waals surface area contributed by atoms with Crippen molar-refractivity contribution in [2.45, 2.75) is 367 Å². The lowest BCUT2D eigenvalue weighted by Crippen LogP contribution is -2.30. The highest BCUT2D eigenvalue weighted by Crippen LogP contribution is 2.18. The molecule has 0 bridgehead atoms. The number of ether oxygens (including phenoxy) is 3. The summed E-state index contributed by atoms with van der Waals surface area (Å²) in [5, 5.41) is 0. The fourth-order valence-electron chi connectivity index (χ4n) is 9.89. The molecule has 0 aliphatic carbocycles. The van der Waals surface area contributed by atoms with Gasteiger partial charge in [-0.25, -0.2) is 0 Å². The molecule has 434 valence electrons. The molecule has 0 aromatic heterocycles. The molecule has 0 N–H and O–H groups in total. The third-order valence-electron chi connectivity index (χ3n) is 14.8. The van der Waals surface area contributed by atoms with Crippen molar-refractivity contribution < 1.29 is 28.6 Å². The Morgan fingerprint density at radius 2 is 0.514 bits per heavy atom. The molecule has 0 spiro atoms. The summed E-state index contributed by atoms with van der Waals surface area (Å²) in [6.45, 7) is 6.62. The van der Waals surface area contributed by atoms with E-state index >= 15 is 0 Å². The van der Waals surface area contributed by atoms with Crippen LogP contribution in [0.5, 0.6) is 0 Å². The van der Waals surface area contributed by atoms with Gasteiger partial charge in [-0.05, 0) is 70.6 Å². The first-order valence-corrected chi connectivity index (χ1v) is 33.0. The second kappa shape index (κ2) is 63.2. The fourth-order valence-corrected chi connectivity index (χ4v) is 9.89. The minimum Gasteiger partial charge on any atom is -0.462 e. The Balaban J connectivity index is 4.06. The van der Waals surface area contributed by atoms with E-state index in [9.17, 15) is 14.4 Å². The molecule has 0 fully saturated rings. The van der Waals surface area contributed by atoms with Crippen LogP contribution in [-0.2, 0) is 28.6 Å². The van der Waals surface area contributed by atoms with E-state index in [0.717, 1.165) is 77.0 Å². The second-order valence-corrected chi connectivity index (χ2v) is 22.4. The third-order valence-corrected chi connectivity index (χ3v) is 14.8. The van der Waals surface area contributed by atoms with E-state index in [1.54, 1.807) is 0 Å². The first kappa shape index (κ1) is 71.6. The lowest BCUT2D eigenvalue weighted by molar-refractivity contribution is -0.167. The molecule has 0 rings (SSSR count). The molecule has 0 heterocycles. The number of carbonyl (C=O) groups is 3. The number of esters is 3. The van der Waals surface area contributed by atoms with Gasteiger partial charge in [0.05, 0.1) is 0 Å². The maximum Gasteiger partial charge on any atom is 0.306 e. The smallest absolute Gasteiger partial charge is 0.306 e. The van der Waals surface area contributed by atoms with Crippen molar-refractivity contribution >= 4 is 17.9 Å². The maximum atomic E-state index is 12.9. The molecule has 1 atom stereocenters. The second-order valence-electron chi connectivity index (χ2n) is 22.4. The van der Waals surface area contributed by atoms with E-state index in [4.69, 9.17) is 14.2 Å². The standard InChI is InChI=1S/C68H126O6/c1-4-7-10-13-16-19-22-24-26-27-28-29-30-31-32-33-34-35-36-37-38-39-40-41-43-44-46-49-52-55-58-61-67(70)73-64-65(63-72-66(69)60-57-54-51-48-21-18-15-12-9-6-3)74-68(71)62-59-56-53-50-47-45-42-25-23-20-17-14-11-8-5-2/h12,15,22,24,27-28,65H,4-11,13-14,16-21,23,25-26,29-64H2,1-3H3/b15-12-,24-22-,28-27-. The van der Waals surface area contributed by atoms with Crippen molar-refractivity contribution in [3.05, 3.63) is 36.5 Å². The van der Waals surface area contributed by atoms with Crippen molar-refractivity contribution in [3.8, 4) is 0 Å². The summed E-state index contributed by atoms with van der Waals surface area (Å²) in [4.78, 5) is 38.2. The molecular weight excluding hydrogens is 913 g/mol. The van der Waals surface area contributed by atoms with Gasteiger partial charge in [0.25, 0.3) is 0 Å². The van der Waals surface area contributed by atoms with E-state index in [2.05, 4.69) is 57.2 Å². The number of rotatable bonds is 61. The zero-order valence-corrected chi connectivity index (χ0v) is 49.9. The minimum atomic E-state index is -0.770. The van der Waals surface area contributed by atoms with Crippen LogP contribution in [0.2, 0.25) is 0 Å². The summed E-state index contributed by atoms with van der Waals surface area (Å²) < 4.78 is 16.9. The zero-order chi connectivity index (χ0) is 53.6. The zero-order valence-electron chi connectivity index (χ0n) is 49.9. The van der Waals surface area contributed by atoms with E-state index in [1.807, 2.05) is 0 Å². The lowest BCUT2D eigenvalue weighted by Gasteiger charge is -2.18. The molecule has 6 heteroatoms. The van der Waals surface area contributed by atoms with E-state index in [-0.39, 0.29) is 31.1 Å². The van der Waals surface area contributed by atoms with Crippen LogP contribution < -0.4 is 0 Å². The van der Waals surface area contributed by atoms with Gasteiger partial charge in [0.1, 0.15) is 13.2 Å². The topological polar surface area (TPSA) is 78.9 Å². The highest BCUT2D eigenvalue weighted by molar-refractivity contribution is 5.71. The van der Waals surface area contributed by atoms with Crippen LogP contribution in [0.25, 0.3) is 0 Å². The number of allylic oxidation sites excluding steroid dienone is 6. The minimum absolute atomic E-state index is 0.0692. The SMILES string of the molecule is CCC/C=C\CCCCCCCC(=O)OCC(COC(=O)CCCCCCCCCCCCCCCCCCCCC/C=C\C/C=C\CCCCCCC)OC(=O)CCCCCCCCCCCCCCCCC. The lowest BCUT2D eigenvalue weighted by atomic mass is 10.0. The molecule has 74 heavy (non-hydrogen) atoms. The highest BCUT2D eigenvalue weighted by atomic mass is 16.6. The van der Waals surface area contributed by atoms with Gasteiger partial charge in [-0.3, -0.25) is 14.4 Å². The largest absolute Gasteiger partial charge is 0.462 e. The van der Waals surface area contributed by atoms with Gasteiger partial charge in [0.2, 0.25) is 0 Å². The Morgan fingerprint density at radius 1 is 0.270 bits per heavy atom. The fraction of sp³-hybridized carbons (Fsp3) is 0.868. The molecule has 1 unspecified atom stereocenters. The van der Waals surface area contributed by atoms with Gasteiger partial charge >= 0.3 is 17.9 Å². The summed E-state index contributed by atoms with van der Waals surface area (Å²) in [5.41, 5.74) is 0. The number of carbonyl (C=O) groups excluding carboxylic acids is 3. The Kier molecular flexibility index (Phi) is 61.1. The molecule has 0 aromatic carbocycles. The Labute approximate surface area is 461 Å². The van der Waals surface area contributed by atoms with Crippen molar-refractivity contribution in [1.82, 2.24) is 0 Å². The molecular formula is C68H126O6. The van der Waals surface area contributed by atoms with Crippen LogP contribution >= 0.6 is 0 Å². The molecule has 0 amide bonds. The average Bonchev–Trinajstić information content (AvgIpc) is 3.40. The molecule has 0 saturated heterocycles. The van der Waals surface area contributed by atoms with Crippen LogP contribution in [0.15, 0.2) is 36.5 Å². The van der Waals surface area contributed by atoms with Crippen molar-refractivity contribution in [1.29, 1.82) is 0 Å². The monoisotopic (exact) mass is 1040 g/mol. The van der Waals surface area contributed by atoms with Crippen molar-refractivity contribution in [2.75, 3.05) is 13.2 Å². The van der Waals surface area contributed by atoms with Crippen LogP contribution in [0.1, 0.15) is 361 Å². The Bertz CT molecular complexity index is 1240. The van der Waals surface area contributed by atoms with Crippen LogP contribution in [-0.4, -0.2) is 37.2 Å². The molecule has 0 aromatic rings. The van der Waals surface area contributed by atoms with Crippen LogP contribution in [0.3, 0.4) is 0 Å². The average molecular weight is 1040 g/mol. The van der Waals surface area contributed by atoms with Crippen LogP contribution in [0, 0.1) is 0 Å². The summed E-state index contributed by atoms with van der Waals surface area (Å²) in [5.74, 6) is -0.857. The summed E-state index contributed by atoms with van der Waals surface area (Å²) in [7, 11) is 0. The van der Waals surface area contributed by atoms with E-state index in [1.165, 1.54) is 244 Å². The van der Waals surface area contributed by atoms with Crippen molar-refractivity contribution in [3.63, 3.8) is 0 Å². The van der Waals surface area contributed by atoms with Crippen molar-refractivity contribution in [2.24, 2.45) is 0 Å².